The lowest BCUT2D eigenvalue weighted by Crippen LogP contribution is -2.17. The van der Waals surface area contributed by atoms with E-state index in [4.69, 9.17) is 0 Å². The van der Waals surface area contributed by atoms with Crippen LogP contribution in [0.1, 0.15) is 82.1 Å². The van der Waals surface area contributed by atoms with Gasteiger partial charge in [-0.2, -0.15) is 0 Å². The molecular weight excluding hydrogens is 498 g/mol. The number of aryl methyl sites for hydroxylation is 1. The Morgan fingerprint density at radius 1 is 0.925 bits per heavy atom. The van der Waals surface area contributed by atoms with Gasteiger partial charge in [0, 0.05) is 30.3 Å². The maximum atomic E-state index is 12.6. The van der Waals surface area contributed by atoms with E-state index in [1.165, 1.54) is 40.1 Å². The number of hydrogen-bond acceptors (Lipinski definition) is 1. The van der Waals surface area contributed by atoms with Crippen molar-refractivity contribution >= 4 is 6.34 Å². The molecule has 3 aromatic carbocycles. The van der Waals surface area contributed by atoms with Crippen LogP contribution in [0.15, 0.2) is 126 Å². The van der Waals surface area contributed by atoms with E-state index in [1.807, 2.05) is 13.8 Å². The average Bonchev–Trinajstić information content (AvgIpc) is 2.92. The fraction of sp³-hybridized carbons (Fsp3) is 0.306. The van der Waals surface area contributed by atoms with Crippen molar-refractivity contribution in [2.24, 2.45) is 4.99 Å². The molecule has 214 valence electrons. The third kappa shape index (κ3) is 12.8. The van der Waals surface area contributed by atoms with E-state index in [1.54, 1.807) is 31.6 Å². The van der Waals surface area contributed by atoms with Gasteiger partial charge in [0.2, 0.25) is 0 Å². The van der Waals surface area contributed by atoms with Crippen LogP contribution in [0.4, 0.5) is 8.78 Å². The van der Waals surface area contributed by atoms with E-state index in [0.29, 0.717) is 0 Å². The number of aliphatic imine (C=N–C) groups is 1. The van der Waals surface area contributed by atoms with Crippen LogP contribution in [0, 0.1) is 6.92 Å². The van der Waals surface area contributed by atoms with E-state index < -0.39 is 5.92 Å². The van der Waals surface area contributed by atoms with Crippen LogP contribution >= 0.6 is 0 Å². The van der Waals surface area contributed by atoms with Crippen molar-refractivity contribution in [3.05, 3.63) is 143 Å². The molecule has 0 spiro atoms. The molecular formula is C36H46F2N2. The highest BCUT2D eigenvalue weighted by atomic mass is 19.3. The lowest BCUT2D eigenvalue weighted by atomic mass is 9.82. The molecule has 0 radical (unpaired) electrons. The van der Waals surface area contributed by atoms with Gasteiger partial charge in [0.1, 0.15) is 0 Å². The summed E-state index contributed by atoms with van der Waals surface area (Å²) in [5.41, 5.74) is 7.42. The number of halogens is 2. The zero-order chi connectivity index (χ0) is 30.0. The Morgan fingerprint density at radius 3 is 1.82 bits per heavy atom. The highest BCUT2D eigenvalue weighted by Crippen LogP contribution is 2.35. The summed E-state index contributed by atoms with van der Waals surface area (Å²) in [5.74, 6) is -2.47. The molecule has 0 aliphatic rings. The van der Waals surface area contributed by atoms with Crippen LogP contribution in [0.5, 0.6) is 0 Å². The fourth-order valence-corrected chi connectivity index (χ4v) is 4.14. The summed E-state index contributed by atoms with van der Waals surface area (Å²) < 4.78 is 25.3. The van der Waals surface area contributed by atoms with E-state index in [-0.39, 0.29) is 11.5 Å². The summed E-state index contributed by atoms with van der Waals surface area (Å²) in [7, 11) is 0. The topological polar surface area (TPSA) is 24.4 Å². The van der Waals surface area contributed by atoms with E-state index >= 15 is 0 Å². The second-order valence-electron chi connectivity index (χ2n) is 9.93. The summed E-state index contributed by atoms with van der Waals surface area (Å²) in [5, 5.41) is 3.41. The van der Waals surface area contributed by atoms with Gasteiger partial charge >= 0.3 is 0 Å². The number of allylic oxidation sites excluding steroid dienone is 3. The van der Waals surface area contributed by atoms with Crippen molar-refractivity contribution in [2.75, 3.05) is 0 Å². The quantitative estimate of drug-likeness (QED) is 0.153. The molecule has 4 heteroatoms. The molecule has 2 nitrogen and oxygen atoms in total. The zero-order valence-electron chi connectivity index (χ0n) is 25.1. The van der Waals surface area contributed by atoms with Crippen LogP contribution in [-0.2, 0) is 5.92 Å². The Kier molecular flexibility index (Phi) is 15.8. The van der Waals surface area contributed by atoms with Gasteiger partial charge in [-0.25, -0.2) is 13.8 Å². The molecule has 0 aliphatic heterocycles. The van der Waals surface area contributed by atoms with Crippen LogP contribution in [0.3, 0.4) is 0 Å². The van der Waals surface area contributed by atoms with Crippen molar-refractivity contribution in [3.8, 4) is 0 Å². The number of rotatable bonds is 10. The summed E-state index contributed by atoms with van der Waals surface area (Å²) in [6, 6.07) is 27.9. The van der Waals surface area contributed by atoms with Crippen LogP contribution in [0.25, 0.3) is 0 Å². The number of hydrogen-bond donors (Lipinski definition) is 1. The van der Waals surface area contributed by atoms with E-state index in [9.17, 15) is 8.78 Å². The van der Waals surface area contributed by atoms with Crippen LogP contribution in [0.2, 0.25) is 0 Å². The van der Waals surface area contributed by atoms with Crippen LogP contribution < -0.4 is 5.32 Å². The predicted molar refractivity (Wildman–Crippen MR) is 170 cm³/mol. The van der Waals surface area contributed by atoms with E-state index in [0.717, 1.165) is 31.7 Å². The SMILES string of the molecule is C=C(C)C.C=CN=CN/C(CCC)=C(/CC)C(c1ccccc1)c1ccccc1.Cc1cccc(C(C)(F)F)c1. The Morgan fingerprint density at radius 2 is 1.45 bits per heavy atom. The smallest absolute Gasteiger partial charge is 0.270 e. The second kappa shape index (κ2) is 18.5. The molecule has 0 aromatic heterocycles. The number of nitrogens with one attached hydrogen (secondary N) is 1. The molecule has 0 aliphatic carbocycles. The van der Waals surface area contributed by atoms with Gasteiger partial charge in [-0.15, -0.1) is 6.58 Å². The molecule has 0 unspecified atom stereocenters. The highest BCUT2D eigenvalue weighted by Gasteiger charge is 2.23. The Bertz CT molecular complexity index is 1160. The van der Waals surface area contributed by atoms with Gasteiger partial charge in [-0.05, 0) is 50.3 Å². The summed E-state index contributed by atoms with van der Waals surface area (Å²) in [6.45, 7) is 18.3. The third-order valence-corrected chi connectivity index (χ3v) is 5.83. The zero-order valence-corrected chi connectivity index (χ0v) is 25.1. The predicted octanol–water partition coefficient (Wildman–Crippen LogP) is 10.7. The van der Waals surface area contributed by atoms with Gasteiger partial charge in [0.25, 0.3) is 5.92 Å². The molecule has 0 atom stereocenters. The molecule has 40 heavy (non-hydrogen) atoms. The van der Waals surface area contributed by atoms with Gasteiger partial charge < -0.3 is 5.32 Å². The third-order valence-electron chi connectivity index (χ3n) is 5.83. The molecule has 0 fully saturated rings. The Balaban J connectivity index is 0.000000439. The van der Waals surface area contributed by atoms with Crippen molar-refractivity contribution in [3.63, 3.8) is 0 Å². The molecule has 0 heterocycles. The van der Waals surface area contributed by atoms with Gasteiger partial charge in [0.05, 0.1) is 6.34 Å². The lowest BCUT2D eigenvalue weighted by Gasteiger charge is -2.24. The standard InChI is InChI=1S/C23H28N2.C9H10F2.C4H8/c1-4-13-22(25-18-24-6-3)21(5-2)23(19-14-9-7-10-15-19)20-16-11-8-12-17-20;1-7-4-3-5-8(6-7)9(2,10)11;1-4(2)3/h6-12,14-18,23H,3-5,13H2,1-2H3,(H,24,25);3-6H,1-2H3;1H2,2-3H3/b22-21-;;. The molecule has 0 bridgehead atoms. The fourth-order valence-electron chi connectivity index (χ4n) is 4.14. The maximum absolute atomic E-state index is 12.6. The first-order valence-electron chi connectivity index (χ1n) is 13.8. The lowest BCUT2D eigenvalue weighted by molar-refractivity contribution is 0.0174. The number of benzene rings is 3. The molecule has 0 saturated heterocycles. The summed E-state index contributed by atoms with van der Waals surface area (Å²) in [6.07, 6.45) is 6.36. The van der Waals surface area contributed by atoms with Crippen molar-refractivity contribution in [1.82, 2.24) is 5.32 Å². The normalized spacial score (nSPS) is 11.5. The highest BCUT2D eigenvalue weighted by molar-refractivity contribution is 5.59. The Labute approximate surface area is 241 Å². The summed E-state index contributed by atoms with van der Waals surface area (Å²) in [4.78, 5) is 4.11. The first-order chi connectivity index (χ1) is 19.0. The molecule has 0 amide bonds. The minimum Gasteiger partial charge on any atom is -0.350 e. The van der Waals surface area contributed by atoms with Crippen molar-refractivity contribution in [2.45, 2.75) is 72.6 Å². The second-order valence-corrected chi connectivity index (χ2v) is 9.93. The van der Waals surface area contributed by atoms with Crippen molar-refractivity contribution in [1.29, 1.82) is 0 Å². The van der Waals surface area contributed by atoms with E-state index in [2.05, 4.69) is 98.0 Å². The molecule has 0 saturated carbocycles. The number of alkyl halides is 2. The molecule has 3 rings (SSSR count). The van der Waals surface area contributed by atoms with Gasteiger partial charge in [-0.3, -0.25) is 0 Å². The number of nitrogens with zero attached hydrogens (tertiary/aromatic N) is 1. The largest absolute Gasteiger partial charge is 0.350 e. The maximum Gasteiger partial charge on any atom is 0.270 e. The average molecular weight is 545 g/mol. The molecule has 1 N–H and O–H groups in total. The first kappa shape index (κ1) is 34.2. The van der Waals surface area contributed by atoms with Crippen LogP contribution in [-0.4, -0.2) is 6.34 Å². The summed E-state index contributed by atoms with van der Waals surface area (Å²) >= 11 is 0. The van der Waals surface area contributed by atoms with Gasteiger partial charge in [0.15, 0.2) is 0 Å². The minimum absolute atomic E-state index is 0.0810. The minimum atomic E-state index is -2.72. The van der Waals surface area contributed by atoms with Gasteiger partial charge in [-0.1, -0.05) is 123 Å². The van der Waals surface area contributed by atoms with Crippen molar-refractivity contribution < 1.29 is 8.78 Å². The first-order valence-corrected chi connectivity index (χ1v) is 13.8. The monoisotopic (exact) mass is 544 g/mol. The Hall–Kier alpha value is -3.79. The molecule has 3 aromatic rings.